The van der Waals surface area contributed by atoms with Gasteiger partial charge in [-0.15, -0.1) is 0 Å². The molecule has 1 fully saturated rings. The summed E-state index contributed by atoms with van der Waals surface area (Å²) in [6, 6.07) is 20.8. The summed E-state index contributed by atoms with van der Waals surface area (Å²) in [6.45, 7) is 9.38. The van der Waals surface area contributed by atoms with Crippen molar-refractivity contribution < 1.29 is 0 Å². The number of hydrogen-bond acceptors (Lipinski definition) is 3. The van der Waals surface area contributed by atoms with Gasteiger partial charge >= 0.3 is 0 Å². The SMILES string of the molecule is Cc1cccc(C)c1-n1c(C)cc([C@@H]2[C@H](c3ccccn3)NC(=S)N2Cc2ccccn2)c1C. The summed E-state index contributed by atoms with van der Waals surface area (Å²) in [5.41, 5.74) is 9.43. The third kappa shape index (κ3) is 3.88. The van der Waals surface area contributed by atoms with Crippen molar-refractivity contribution in [3.63, 3.8) is 0 Å². The van der Waals surface area contributed by atoms with Crippen LogP contribution in [0, 0.1) is 27.7 Å². The minimum atomic E-state index is -0.0515. The monoisotopic (exact) mass is 467 g/mol. The zero-order valence-corrected chi connectivity index (χ0v) is 20.8. The van der Waals surface area contributed by atoms with Gasteiger partial charge in [-0.1, -0.05) is 30.3 Å². The first-order valence-electron chi connectivity index (χ1n) is 11.6. The predicted octanol–water partition coefficient (Wildman–Crippen LogP) is 5.67. The van der Waals surface area contributed by atoms with Gasteiger partial charge in [0.25, 0.3) is 0 Å². The zero-order chi connectivity index (χ0) is 23.8. The Morgan fingerprint density at radius 1 is 0.882 bits per heavy atom. The van der Waals surface area contributed by atoms with Crippen LogP contribution < -0.4 is 5.32 Å². The quantitative estimate of drug-likeness (QED) is 0.383. The van der Waals surface area contributed by atoms with Crippen molar-refractivity contribution in [2.24, 2.45) is 0 Å². The first-order valence-corrected chi connectivity index (χ1v) is 12.0. The van der Waals surface area contributed by atoms with E-state index in [4.69, 9.17) is 12.2 Å². The van der Waals surface area contributed by atoms with Crippen molar-refractivity contribution in [3.05, 3.63) is 113 Å². The largest absolute Gasteiger partial charge is 0.352 e. The summed E-state index contributed by atoms with van der Waals surface area (Å²) in [5.74, 6) is 0. The number of rotatable bonds is 5. The molecule has 1 aromatic carbocycles. The van der Waals surface area contributed by atoms with E-state index in [1.165, 1.54) is 33.8 Å². The average molecular weight is 468 g/mol. The Balaban J connectivity index is 1.65. The normalized spacial score (nSPS) is 17.8. The van der Waals surface area contributed by atoms with E-state index >= 15 is 0 Å². The maximum Gasteiger partial charge on any atom is 0.170 e. The molecule has 5 rings (SSSR count). The third-order valence-electron chi connectivity index (χ3n) is 6.71. The van der Waals surface area contributed by atoms with Gasteiger partial charge in [-0.2, -0.15) is 0 Å². The van der Waals surface area contributed by atoms with Crippen molar-refractivity contribution >= 4 is 17.3 Å². The van der Waals surface area contributed by atoms with Crippen LogP contribution in [0.3, 0.4) is 0 Å². The molecule has 2 atom stereocenters. The molecule has 4 aromatic rings. The molecule has 1 aliphatic heterocycles. The summed E-state index contributed by atoms with van der Waals surface area (Å²) in [4.78, 5) is 11.5. The summed E-state index contributed by atoms with van der Waals surface area (Å²) in [5, 5.41) is 4.29. The summed E-state index contributed by atoms with van der Waals surface area (Å²) in [7, 11) is 0. The third-order valence-corrected chi connectivity index (χ3v) is 7.06. The standard InChI is InChI=1S/C28H29N5S/c1-18-10-9-11-19(2)26(18)33-20(3)16-23(21(33)4)27-25(24-13-6-8-15-30-24)31-28(34)32(27)17-22-12-5-7-14-29-22/h5-16,25,27H,17H2,1-4H3,(H,31,34)/t25-,27+/m0/s1. The van der Waals surface area contributed by atoms with Gasteiger partial charge in [-0.25, -0.2) is 0 Å². The highest BCUT2D eigenvalue weighted by Gasteiger charge is 2.41. The topological polar surface area (TPSA) is 46.0 Å². The molecule has 1 N–H and O–H groups in total. The fourth-order valence-corrected chi connectivity index (χ4v) is 5.48. The summed E-state index contributed by atoms with van der Waals surface area (Å²) < 4.78 is 2.38. The molecule has 0 aliphatic carbocycles. The average Bonchev–Trinajstić information content (AvgIpc) is 3.31. The van der Waals surface area contributed by atoms with E-state index in [1.54, 1.807) is 0 Å². The van der Waals surface area contributed by atoms with Crippen LogP contribution in [0.4, 0.5) is 0 Å². The molecule has 34 heavy (non-hydrogen) atoms. The lowest BCUT2D eigenvalue weighted by Gasteiger charge is -2.28. The van der Waals surface area contributed by atoms with Gasteiger partial charge in [0, 0.05) is 23.8 Å². The van der Waals surface area contributed by atoms with E-state index in [-0.39, 0.29) is 12.1 Å². The number of pyridine rings is 2. The molecule has 0 unspecified atom stereocenters. The molecule has 1 saturated heterocycles. The molecule has 6 heteroatoms. The second-order valence-corrected chi connectivity index (χ2v) is 9.36. The first kappa shape index (κ1) is 22.3. The van der Waals surface area contributed by atoms with Crippen LogP contribution in [0.1, 0.15) is 51.5 Å². The van der Waals surface area contributed by atoms with E-state index < -0.39 is 0 Å². The summed E-state index contributed by atoms with van der Waals surface area (Å²) in [6.07, 6.45) is 3.68. The molecule has 172 valence electrons. The number of aromatic nitrogens is 3. The smallest absolute Gasteiger partial charge is 0.170 e. The van der Waals surface area contributed by atoms with E-state index in [2.05, 4.69) is 82.8 Å². The fraction of sp³-hybridized carbons (Fsp3) is 0.250. The van der Waals surface area contributed by atoms with Gasteiger partial charge in [0.05, 0.1) is 35.7 Å². The molecular weight excluding hydrogens is 438 g/mol. The van der Waals surface area contributed by atoms with Crippen LogP contribution in [0.2, 0.25) is 0 Å². The highest BCUT2D eigenvalue weighted by Crippen LogP contribution is 2.42. The predicted molar refractivity (Wildman–Crippen MR) is 140 cm³/mol. The first-order chi connectivity index (χ1) is 16.5. The van der Waals surface area contributed by atoms with E-state index in [9.17, 15) is 0 Å². The van der Waals surface area contributed by atoms with Crippen molar-refractivity contribution in [2.45, 2.75) is 46.3 Å². The van der Waals surface area contributed by atoms with Crippen molar-refractivity contribution in [2.75, 3.05) is 0 Å². The van der Waals surface area contributed by atoms with Gasteiger partial charge in [0.2, 0.25) is 0 Å². The van der Waals surface area contributed by atoms with Gasteiger partial charge in [0.15, 0.2) is 5.11 Å². The second-order valence-electron chi connectivity index (χ2n) is 8.98. The lowest BCUT2D eigenvalue weighted by atomic mass is 9.96. The maximum absolute atomic E-state index is 5.86. The lowest BCUT2D eigenvalue weighted by Crippen LogP contribution is -2.29. The molecule has 0 spiro atoms. The van der Waals surface area contributed by atoms with Gasteiger partial charge in [-0.05, 0) is 86.9 Å². The van der Waals surface area contributed by atoms with E-state index in [1.807, 2.05) is 42.7 Å². The van der Waals surface area contributed by atoms with Crippen LogP contribution in [0.25, 0.3) is 5.69 Å². The van der Waals surface area contributed by atoms with Gasteiger partial charge < -0.3 is 14.8 Å². The number of nitrogens with one attached hydrogen (secondary N) is 1. The number of thiocarbonyl (C=S) groups is 1. The Kier molecular flexibility index (Phi) is 5.92. The van der Waals surface area contributed by atoms with Crippen molar-refractivity contribution in [3.8, 4) is 5.69 Å². The molecule has 0 bridgehead atoms. The van der Waals surface area contributed by atoms with E-state index in [0.29, 0.717) is 6.54 Å². The number of benzene rings is 1. The summed E-state index contributed by atoms with van der Waals surface area (Å²) >= 11 is 5.86. The Hall–Kier alpha value is -3.51. The molecule has 1 aliphatic rings. The zero-order valence-electron chi connectivity index (χ0n) is 20.0. The van der Waals surface area contributed by atoms with E-state index in [0.717, 1.165) is 16.5 Å². The molecule has 3 aromatic heterocycles. The highest BCUT2D eigenvalue weighted by atomic mass is 32.1. The number of aryl methyl sites for hydroxylation is 3. The van der Waals surface area contributed by atoms with Crippen LogP contribution in [-0.4, -0.2) is 24.5 Å². The Labute approximate surface area is 206 Å². The fourth-order valence-electron chi connectivity index (χ4n) is 5.17. The Morgan fingerprint density at radius 3 is 2.24 bits per heavy atom. The van der Waals surface area contributed by atoms with Crippen LogP contribution in [-0.2, 0) is 6.54 Å². The molecule has 0 amide bonds. The molecule has 0 radical (unpaired) electrons. The molecule has 5 nitrogen and oxygen atoms in total. The number of nitrogens with zero attached hydrogens (tertiary/aromatic N) is 4. The molecule has 4 heterocycles. The number of hydrogen-bond donors (Lipinski definition) is 1. The highest BCUT2D eigenvalue weighted by molar-refractivity contribution is 7.80. The van der Waals surface area contributed by atoms with Crippen molar-refractivity contribution in [1.82, 2.24) is 24.8 Å². The van der Waals surface area contributed by atoms with Gasteiger partial charge in [-0.3, -0.25) is 9.97 Å². The van der Waals surface area contributed by atoms with Gasteiger partial charge in [0.1, 0.15) is 0 Å². The van der Waals surface area contributed by atoms with Crippen molar-refractivity contribution in [1.29, 1.82) is 0 Å². The van der Waals surface area contributed by atoms with Crippen LogP contribution >= 0.6 is 12.2 Å². The minimum absolute atomic E-state index is 0.00585. The Morgan fingerprint density at radius 2 is 1.59 bits per heavy atom. The second kappa shape index (κ2) is 9.03. The number of para-hydroxylation sites is 1. The van der Waals surface area contributed by atoms with Crippen LogP contribution in [0.5, 0.6) is 0 Å². The minimum Gasteiger partial charge on any atom is -0.352 e. The maximum atomic E-state index is 5.86. The van der Waals surface area contributed by atoms with Crippen LogP contribution in [0.15, 0.2) is 73.1 Å². The lowest BCUT2D eigenvalue weighted by molar-refractivity contribution is 0.307. The Bertz CT molecular complexity index is 1310. The molecular formula is C28H29N5S. The molecule has 0 saturated carbocycles.